The number of aryl methyl sites for hydroxylation is 2. The largest absolute Gasteiger partial charge is 0.331 e. The molecule has 0 aliphatic carbocycles. The molecule has 0 saturated heterocycles. The lowest BCUT2D eigenvalue weighted by molar-refractivity contribution is 0.706. The van der Waals surface area contributed by atoms with Gasteiger partial charge in [0.25, 0.3) is 0 Å². The first-order valence-corrected chi connectivity index (χ1v) is 7.21. The molecule has 0 radical (unpaired) electrons. The van der Waals surface area contributed by atoms with Crippen LogP contribution in [0.15, 0.2) is 47.2 Å². The molecule has 19 heavy (non-hydrogen) atoms. The van der Waals surface area contributed by atoms with Crippen LogP contribution in [0.5, 0.6) is 0 Å². The highest BCUT2D eigenvalue weighted by molar-refractivity contribution is 9.10. The summed E-state index contributed by atoms with van der Waals surface area (Å²) in [5, 5.41) is 0. The van der Waals surface area contributed by atoms with Crippen LogP contribution in [0.3, 0.4) is 0 Å². The standard InChI is InChI=1S/C14H12BrN3S/c15-11-1-2-12-13(9-11)18(14(19)17-12)8-5-10-3-6-16-7-4-10/h1-4,6-7,9H,5,8H2,(H,17,19). The molecule has 0 atom stereocenters. The molecular formula is C14H12BrN3S. The lowest BCUT2D eigenvalue weighted by Crippen LogP contribution is -2.01. The lowest BCUT2D eigenvalue weighted by Gasteiger charge is -2.05. The van der Waals surface area contributed by atoms with Gasteiger partial charge in [0.15, 0.2) is 4.77 Å². The fraction of sp³-hybridized carbons (Fsp3) is 0.143. The minimum Gasteiger partial charge on any atom is -0.331 e. The Morgan fingerprint density at radius 1 is 1.21 bits per heavy atom. The normalized spacial score (nSPS) is 11.0. The summed E-state index contributed by atoms with van der Waals surface area (Å²) in [6.07, 6.45) is 4.58. The number of aromatic amines is 1. The molecule has 2 heterocycles. The van der Waals surface area contributed by atoms with Gasteiger partial charge >= 0.3 is 0 Å². The van der Waals surface area contributed by atoms with Crippen molar-refractivity contribution in [1.29, 1.82) is 0 Å². The quantitative estimate of drug-likeness (QED) is 0.732. The monoisotopic (exact) mass is 333 g/mol. The van der Waals surface area contributed by atoms with E-state index in [-0.39, 0.29) is 0 Å². The molecule has 0 fully saturated rings. The highest BCUT2D eigenvalue weighted by atomic mass is 79.9. The number of rotatable bonds is 3. The van der Waals surface area contributed by atoms with Crippen molar-refractivity contribution < 1.29 is 0 Å². The first-order valence-electron chi connectivity index (χ1n) is 6.01. The third-order valence-corrected chi connectivity index (χ3v) is 3.93. The van der Waals surface area contributed by atoms with Gasteiger partial charge in [-0.1, -0.05) is 15.9 Å². The second kappa shape index (κ2) is 5.27. The molecule has 0 saturated carbocycles. The van der Waals surface area contributed by atoms with Crippen LogP contribution < -0.4 is 0 Å². The van der Waals surface area contributed by atoms with Gasteiger partial charge in [-0.2, -0.15) is 0 Å². The predicted molar refractivity (Wildman–Crippen MR) is 82.8 cm³/mol. The number of aromatic nitrogens is 3. The first kappa shape index (κ1) is 12.6. The summed E-state index contributed by atoms with van der Waals surface area (Å²) in [5.74, 6) is 0. The Bertz CT molecular complexity index is 761. The molecule has 3 aromatic rings. The second-order valence-corrected chi connectivity index (χ2v) is 5.65. The maximum absolute atomic E-state index is 5.39. The van der Waals surface area contributed by atoms with E-state index in [0.717, 1.165) is 33.2 Å². The Morgan fingerprint density at radius 3 is 2.79 bits per heavy atom. The van der Waals surface area contributed by atoms with Crippen molar-refractivity contribution in [2.75, 3.05) is 0 Å². The molecule has 3 nitrogen and oxygen atoms in total. The van der Waals surface area contributed by atoms with Crippen LogP contribution in [0.1, 0.15) is 5.56 Å². The summed E-state index contributed by atoms with van der Waals surface area (Å²) in [4.78, 5) is 7.26. The van der Waals surface area contributed by atoms with Crippen LogP contribution in [0, 0.1) is 4.77 Å². The van der Waals surface area contributed by atoms with E-state index < -0.39 is 0 Å². The van der Waals surface area contributed by atoms with Crippen LogP contribution >= 0.6 is 28.1 Å². The number of hydrogen-bond donors (Lipinski definition) is 1. The van der Waals surface area contributed by atoms with Crippen molar-refractivity contribution in [3.8, 4) is 0 Å². The van der Waals surface area contributed by atoms with Crippen molar-refractivity contribution in [1.82, 2.24) is 14.5 Å². The van der Waals surface area contributed by atoms with E-state index in [1.807, 2.05) is 36.7 Å². The van der Waals surface area contributed by atoms with Crippen LogP contribution in [-0.2, 0) is 13.0 Å². The summed E-state index contributed by atoms with van der Waals surface area (Å²) in [7, 11) is 0. The molecule has 5 heteroatoms. The number of nitrogens with zero attached hydrogens (tertiary/aromatic N) is 2. The average molecular weight is 334 g/mol. The number of nitrogens with one attached hydrogen (secondary N) is 1. The minimum absolute atomic E-state index is 0.766. The van der Waals surface area contributed by atoms with Crippen molar-refractivity contribution in [3.63, 3.8) is 0 Å². The van der Waals surface area contributed by atoms with Gasteiger partial charge in [-0.3, -0.25) is 4.98 Å². The summed E-state index contributed by atoms with van der Waals surface area (Å²) >= 11 is 8.89. The number of pyridine rings is 1. The Morgan fingerprint density at radius 2 is 2.00 bits per heavy atom. The molecule has 0 aliphatic heterocycles. The van der Waals surface area contributed by atoms with E-state index in [4.69, 9.17) is 12.2 Å². The maximum Gasteiger partial charge on any atom is 0.178 e. The number of benzene rings is 1. The Kier molecular flexibility index (Phi) is 3.48. The van der Waals surface area contributed by atoms with Gasteiger partial charge in [0.2, 0.25) is 0 Å². The molecule has 0 bridgehead atoms. The van der Waals surface area contributed by atoms with Crippen molar-refractivity contribution in [3.05, 3.63) is 57.5 Å². The number of halogens is 1. The minimum atomic E-state index is 0.766. The third kappa shape index (κ3) is 2.62. The molecule has 0 aliphatic rings. The summed E-state index contributed by atoms with van der Waals surface area (Å²) < 4.78 is 3.96. The molecule has 1 aromatic carbocycles. The number of H-pyrrole nitrogens is 1. The van der Waals surface area contributed by atoms with E-state index in [1.54, 1.807) is 0 Å². The highest BCUT2D eigenvalue weighted by Gasteiger charge is 2.05. The summed E-state index contributed by atoms with van der Waals surface area (Å²) in [6, 6.07) is 10.2. The van der Waals surface area contributed by atoms with Gasteiger partial charge in [0, 0.05) is 23.4 Å². The van der Waals surface area contributed by atoms with Gasteiger partial charge in [-0.05, 0) is 54.5 Å². The van der Waals surface area contributed by atoms with E-state index in [2.05, 4.69) is 36.5 Å². The maximum atomic E-state index is 5.39. The Hall–Kier alpha value is -1.46. The van der Waals surface area contributed by atoms with Crippen LogP contribution in [0.2, 0.25) is 0 Å². The smallest absolute Gasteiger partial charge is 0.178 e. The van der Waals surface area contributed by atoms with Crippen LogP contribution in [0.4, 0.5) is 0 Å². The van der Waals surface area contributed by atoms with Gasteiger partial charge in [-0.25, -0.2) is 0 Å². The third-order valence-electron chi connectivity index (χ3n) is 3.11. The van der Waals surface area contributed by atoms with Gasteiger partial charge in [-0.15, -0.1) is 0 Å². The Labute approximate surface area is 124 Å². The Balaban J connectivity index is 1.94. The predicted octanol–water partition coefficient (Wildman–Crippen LogP) is 4.10. The number of fused-ring (bicyclic) bond motifs is 1. The fourth-order valence-electron chi connectivity index (χ4n) is 2.14. The molecule has 0 unspecified atom stereocenters. The molecule has 2 aromatic heterocycles. The fourth-order valence-corrected chi connectivity index (χ4v) is 2.79. The van der Waals surface area contributed by atoms with Crippen molar-refractivity contribution >= 4 is 39.2 Å². The molecule has 3 rings (SSSR count). The van der Waals surface area contributed by atoms with Crippen LogP contribution in [0.25, 0.3) is 11.0 Å². The summed E-state index contributed by atoms with van der Waals surface area (Å²) in [5.41, 5.74) is 3.47. The topological polar surface area (TPSA) is 33.6 Å². The van der Waals surface area contributed by atoms with E-state index in [0.29, 0.717) is 0 Å². The molecule has 96 valence electrons. The SMILES string of the molecule is S=c1[nH]c2ccc(Br)cc2n1CCc1ccncc1. The molecule has 0 amide bonds. The van der Waals surface area contributed by atoms with E-state index >= 15 is 0 Å². The zero-order chi connectivity index (χ0) is 13.2. The second-order valence-electron chi connectivity index (χ2n) is 4.35. The van der Waals surface area contributed by atoms with Crippen LogP contribution in [-0.4, -0.2) is 14.5 Å². The summed E-state index contributed by atoms with van der Waals surface area (Å²) in [6.45, 7) is 0.860. The van der Waals surface area contributed by atoms with Crippen molar-refractivity contribution in [2.45, 2.75) is 13.0 Å². The molecule has 0 spiro atoms. The molecular weight excluding hydrogens is 322 g/mol. The lowest BCUT2D eigenvalue weighted by atomic mass is 10.2. The zero-order valence-electron chi connectivity index (χ0n) is 10.1. The number of hydrogen-bond acceptors (Lipinski definition) is 2. The zero-order valence-corrected chi connectivity index (χ0v) is 12.5. The van der Waals surface area contributed by atoms with E-state index in [9.17, 15) is 0 Å². The van der Waals surface area contributed by atoms with E-state index in [1.165, 1.54) is 5.56 Å². The van der Waals surface area contributed by atoms with Gasteiger partial charge < -0.3 is 9.55 Å². The van der Waals surface area contributed by atoms with Gasteiger partial charge in [0.05, 0.1) is 11.0 Å². The number of imidazole rings is 1. The average Bonchev–Trinajstić information content (AvgIpc) is 2.73. The van der Waals surface area contributed by atoms with Crippen molar-refractivity contribution in [2.24, 2.45) is 0 Å². The first-order chi connectivity index (χ1) is 9.24. The molecule has 1 N–H and O–H groups in total. The van der Waals surface area contributed by atoms with Gasteiger partial charge in [0.1, 0.15) is 0 Å². The highest BCUT2D eigenvalue weighted by Crippen LogP contribution is 2.20.